The van der Waals surface area contributed by atoms with Gasteiger partial charge in [-0.3, -0.25) is 9.58 Å². The van der Waals surface area contributed by atoms with Gasteiger partial charge in [-0.15, -0.1) is 0 Å². The zero-order valence-electron chi connectivity index (χ0n) is 14.0. The summed E-state index contributed by atoms with van der Waals surface area (Å²) in [5.41, 5.74) is 7.98. The second kappa shape index (κ2) is 6.76. The number of nitrogens with zero attached hydrogens (tertiary/aromatic N) is 5. The molecule has 0 radical (unpaired) electrons. The summed E-state index contributed by atoms with van der Waals surface area (Å²) in [6.07, 6.45) is 8.56. The number of nitrogens with two attached hydrogens (primary N) is 1. The van der Waals surface area contributed by atoms with Crippen LogP contribution < -0.4 is 11.1 Å². The third-order valence-electron chi connectivity index (χ3n) is 5.09. The van der Waals surface area contributed by atoms with Crippen LogP contribution in [-0.2, 0) is 19.6 Å². The maximum Gasteiger partial charge on any atom is 0.221 e. The van der Waals surface area contributed by atoms with Gasteiger partial charge in [0.05, 0.1) is 24.5 Å². The average Bonchev–Trinajstić information content (AvgIpc) is 3.03. The molecule has 24 heavy (non-hydrogen) atoms. The Labute approximate surface area is 142 Å². The third-order valence-corrected chi connectivity index (χ3v) is 5.09. The molecule has 0 aromatic carbocycles. The van der Waals surface area contributed by atoms with E-state index in [1.54, 1.807) is 6.20 Å². The Morgan fingerprint density at radius 1 is 1.21 bits per heavy atom. The lowest BCUT2D eigenvalue weighted by molar-refractivity contribution is 0.119. The van der Waals surface area contributed by atoms with E-state index >= 15 is 0 Å². The van der Waals surface area contributed by atoms with Gasteiger partial charge in [0.25, 0.3) is 0 Å². The molecule has 0 bridgehead atoms. The van der Waals surface area contributed by atoms with E-state index in [0.717, 1.165) is 37.2 Å². The van der Waals surface area contributed by atoms with Gasteiger partial charge in [0, 0.05) is 25.3 Å². The van der Waals surface area contributed by atoms with Gasteiger partial charge in [-0.05, 0) is 25.0 Å². The monoisotopic (exact) mass is 327 g/mol. The predicted molar refractivity (Wildman–Crippen MR) is 93.3 cm³/mol. The molecule has 7 nitrogen and oxygen atoms in total. The van der Waals surface area contributed by atoms with Crippen molar-refractivity contribution in [2.24, 2.45) is 0 Å². The molecule has 1 fully saturated rings. The molecule has 1 aliphatic carbocycles. The third kappa shape index (κ3) is 3.36. The van der Waals surface area contributed by atoms with Crippen molar-refractivity contribution in [2.75, 3.05) is 17.6 Å². The van der Waals surface area contributed by atoms with Crippen molar-refractivity contribution in [3.05, 3.63) is 29.7 Å². The topological polar surface area (TPSA) is 84.9 Å². The molecular weight excluding hydrogens is 302 g/mol. The minimum Gasteiger partial charge on any atom is -0.368 e. The summed E-state index contributed by atoms with van der Waals surface area (Å²) in [5, 5.41) is 7.99. The van der Waals surface area contributed by atoms with Crippen LogP contribution >= 0.6 is 0 Å². The van der Waals surface area contributed by atoms with Crippen LogP contribution in [0.15, 0.2) is 18.3 Å². The molecule has 2 aromatic heterocycles. The Kier molecular flexibility index (Phi) is 4.34. The number of nitrogen functional groups attached to an aromatic ring is 1. The molecule has 2 aromatic rings. The normalized spacial score (nSPS) is 19.2. The van der Waals surface area contributed by atoms with E-state index in [0.29, 0.717) is 6.54 Å². The summed E-state index contributed by atoms with van der Waals surface area (Å²) >= 11 is 0. The summed E-state index contributed by atoms with van der Waals surface area (Å²) in [7, 11) is 0. The van der Waals surface area contributed by atoms with E-state index in [-0.39, 0.29) is 5.95 Å². The van der Waals surface area contributed by atoms with E-state index in [1.165, 1.54) is 37.8 Å². The molecule has 3 N–H and O–H groups in total. The first-order valence-corrected chi connectivity index (χ1v) is 8.90. The molecule has 7 heteroatoms. The van der Waals surface area contributed by atoms with Gasteiger partial charge < -0.3 is 11.1 Å². The van der Waals surface area contributed by atoms with Crippen LogP contribution in [0.1, 0.15) is 43.5 Å². The van der Waals surface area contributed by atoms with E-state index in [2.05, 4.69) is 30.9 Å². The summed E-state index contributed by atoms with van der Waals surface area (Å²) in [6.45, 7) is 3.79. The maximum absolute atomic E-state index is 5.61. The number of nitrogens with one attached hydrogen (secondary N) is 1. The van der Waals surface area contributed by atoms with Gasteiger partial charge in [-0.1, -0.05) is 19.3 Å². The van der Waals surface area contributed by atoms with Gasteiger partial charge in [0.2, 0.25) is 5.95 Å². The number of rotatable bonds is 4. The van der Waals surface area contributed by atoms with Gasteiger partial charge in [-0.2, -0.15) is 10.1 Å². The fraction of sp³-hybridized carbons (Fsp3) is 0.588. The Morgan fingerprint density at radius 3 is 2.92 bits per heavy atom. The number of fused-ring (bicyclic) bond motifs is 1. The Hall–Kier alpha value is -2.15. The summed E-state index contributed by atoms with van der Waals surface area (Å²) in [6, 6.07) is 4.80. The van der Waals surface area contributed by atoms with Gasteiger partial charge in [0.15, 0.2) is 0 Å². The highest BCUT2D eigenvalue weighted by atomic mass is 15.3. The number of hydrogen-bond acceptors (Lipinski definition) is 6. The standard InChI is InChI=1S/C17H25N7/c18-17-19-7-6-16(21-17)20-11-13-10-15-12-23(8-9-24(15)22-13)14-4-2-1-3-5-14/h6-7,10,14H,1-5,8-9,11-12H2,(H3,18,19,20,21). The Bertz CT molecular complexity index is 690. The zero-order chi connectivity index (χ0) is 16.4. The smallest absolute Gasteiger partial charge is 0.221 e. The van der Waals surface area contributed by atoms with Gasteiger partial charge in [-0.25, -0.2) is 4.98 Å². The SMILES string of the molecule is Nc1nccc(NCc2cc3n(n2)CCN(C2CCCCC2)C3)n1. The van der Waals surface area contributed by atoms with Crippen LogP contribution in [0.5, 0.6) is 0 Å². The van der Waals surface area contributed by atoms with Crippen LogP contribution in [0, 0.1) is 0 Å². The van der Waals surface area contributed by atoms with Crippen LogP contribution in [0.2, 0.25) is 0 Å². The van der Waals surface area contributed by atoms with Crippen molar-refractivity contribution in [2.45, 2.75) is 57.8 Å². The van der Waals surface area contributed by atoms with E-state index in [4.69, 9.17) is 10.8 Å². The molecule has 2 aliphatic rings. The van der Waals surface area contributed by atoms with Crippen LogP contribution in [-0.4, -0.2) is 37.2 Å². The second-order valence-corrected chi connectivity index (χ2v) is 6.77. The largest absolute Gasteiger partial charge is 0.368 e. The molecule has 0 saturated heterocycles. The minimum absolute atomic E-state index is 0.284. The van der Waals surface area contributed by atoms with Crippen molar-refractivity contribution in [1.29, 1.82) is 0 Å². The molecule has 128 valence electrons. The Balaban J connectivity index is 1.39. The summed E-state index contributed by atoms with van der Waals surface area (Å²) in [5.74, 6) is 1.02. The fourth-order valence-electron chi connectivity index (χ4n) is 3.84. The molecule has 0 amide bonds. The molecular formula is C17H25N7. The summed E-state index contributed by atoms with van der Waals surface area (Å²) < 4.78 is 2.16. The van der Waals surface area contributed by atoms with E-state index < -0.39 is 0 Å². The molecule has 1 saturated carbocycles. The van der Waals surface area contributed by atoms with E-state index in [1.807, 2.05) is 6.07 Å². The molecule has 0 spiro atoms. The first-order valence-electron chi connectivity index (χ1n) is 8.90. The maximum atomic E-state index is 5.61. The molecule has 3 heterocycles. The highest BCUT2D eigenvalue weighted by Crippen LogP contribution is 2.26. The van der Waals surface area contributed by atoms with Crippen molar-refractivity contribution >= 4 is 11.8 Å². The highest BCUT2D eigenvalue weighted by molar-refractivity contribution is 5.37. The van der Waals surface area contributed by atoms with Crippen LogP contribution in [0.3, 0.4) is 0 Å². The molecule has 1 aliphatic heterocycles. The first kappa shape index (κ1) is 15.4. The van der Waals surface area contributed by atoms with E-state index in [9.17, 15) is 0 Å². The quantitative estimate of drug-likeness (QED) is 0.893. The molecule has 0 unspecified atom stereocenters. The van der Waals surface area contributed by atoms with Crippen LogP contribution in [0.4, 0.5) is 11.8 Å². The molecule has 4 rings (SSSR count). The summed E-state index contributed by atoms with van der Waals surface area (Å²) in [4.78, 5) is 10.7. The minimum atomic E-state index is 0.284. The average molecular weight is 327 g/mol. The predicted octanol–water partition coefficient (Wildman–Crippen LogP) is 2.02. The zero-order valence-corrected chi connectivity index (χ0v) is 14.0. The second-order valence-electron chi connectivity index (χ2n) is 6.77. The molecule has 0 atom stereocenters. The van der Waals surface area contributed by atoms with Gasteiger partial charge in [0.1, 0.15) is 5.82 Å². The lowest BCUT2D eigenvalue weighted by Gasteiger charge is -2.36. The van der Waals surface area contributed by atoms with Crippen molar-refractivity contribution < 1.29 is 0 Å². The number of hydrogen-bond donors (Lipinski definition) is 2. The Morgan fingerprint density at radius 2 is 2.08 bits per heavy atom. The van der Waals surface area contributed by atoms with Crippen molar-refractivity contribution in [3.8, 4) is 0 Å². The lowest BCUT2D eigenvalue weighted by atomic mass is 9.94. The van der Waals surface area contributed by atoms with Crippen molar-refractivity contribution in [1.82, 2.24) is 24.6 Å². The fourth-order valence-corrected chi connectivity index (χ4v) is 3.84. The number of anilines is 2. The van der Waals surface area contributed by atoms with Crippen LogP contribution in [0.25, 0.3) is 0 Å². The lowest BCUT2D eigenvalue weighted by Crippen LogP contribution is -2.42. The number of aromatic nitrogens is 4. The van der Waals surface area contributed by atoms with Gasteiger partial charge >= 0.3 is 0 Å². The highest BCUT2D eigenvalue weighted by Gasteiger charge is 2.25. The first-order chi connectivity index (χ1) is 11.8. The van der Waals surface area contributed by atoms with Crippen molar-refractivity contribution in [3.63, 3.8) is 0 Å².